The fourth-order valence-electron chi connectivity index (χ4n) is 3.40. The molecule has 4 atom stereocenters. The normalized spacial score (nSPS) is 23.3. The number of phenols is 1. The van der Waals surface area contributed by atoms with Crippen LogP contribution in [0.2, 0.25) is 0 Å². The first kappa shape index (κ1) is 19.1. The van der Waals surface area contributed by atoms with E-state index in [4.69, 9.17) is 5.73 Å². The zero-order valence-corrected chi connectivity index (χ0v) is 15.4. The molecule has 1 fully saturated rings. The Balaban J connectivity index is 2.22. The van der Waals surface area contributed by atoms with Crippen molar-refractivity contribution in [3.63, 3.8) is 0 Å². The van der Waals surface area contributed by atoms with Crippen LogP contribution in [0.1, 0.15) is 32.3 Å². The third-order valence-electron chi connectivity index (χ3n) is 4.89. The first-order chi connectivity index (χ1) is 11.4. The number of primary amides is 1. The van der Waals surface area contributed by atoms with Crippen LogP contribution in [0, 0.1) is 5.92 Å². The van der Waals surface area contributed by atoms with Gasteiger partial charge in [0.1, 0.15) is 5.75 Å². The molecule has 0 spiro atoms. The Morgan fingerprint density at radius 1 is 1.50 bits per heavy atom. The van der Waals surface area contributed by atoms with Crippen molar-refractivity contribution in [2.75, 3.05) is 13.1 Å². The van der Waals surface area contributed by atoms with Gasteiger partial charge in [-0.2, -0.15) is 12.6 Å². The first-order valence-electron chi connectivity index (χ1n) is 8.64. The highest BCUT2D eigenvalue weighted by atomic mass is 32.1. The van der Waals surface area contributed by atoms with Gasteiger partial charge in [0, 0.05) is 36.5 Å². The molecule has 1 amide bonds. The lowest BCUT2D eigenvalue weighted by molar-refractivity contribution is -0.125. The van der Waals surface area contributed by atoms with Crippen LogP contribution in [0.4, 0.5) is 0 Å². The fourth-order valence-corrected chi connectivity index (χ4v) is 3.76. The third-order valence-corrected chi connectivity index (χ3v) is 5.28. The number of amides is 1. The third kappa shape index (κ3) is 4.88. The SMILES string of the molecule is CC[C@H](C)[C@@H](C(N)=O)N(Cc1ccccc1O)C[C@@H]1C[C@H](S)CN1. The Morgan fingerprint density at radius 2 is 2.21 bits per heavy atom. The van der Waals surface area contributed by atoms with E-state index in [1.54, 1.807) is 12.1 Å². The summed E-state index contributed by atoms with van der Waals surface area (Å²) < 4.78 is 0. The van der Waals surface area contributed by atoms with Gasteiger partial charge in [0.2, 0.25) is 5.91 Å². The average Bonchev–Trinajstić information content (AvgIpc) is 2.94. The summed E-state index contributed by atoms with van der Waals surface area (Å²) in [7, 11) is 0. The minimum Gasteiger partial charge on any atom is -0.508 e. The molecule has 0 aliphatic carbocycles. The molecule has 0 bridgehead atoms. The van der Waals surface area contributed by atoms with Crippen LogP contribution in [-0.4, -0.2) is 46.3 Å². The summed E-state index contributed by atoms with van der Waals surface area (Å²) in [5.41, 5.74) is 6.54. The number of rotatable bonds is 8. The molecule has 5 nitrogen and oxygen atoms in total. The van der Waals surface area contributed by atoms with Gasteiger partial charge in [-0.1, -0.05) is 38.5 Å². The Labute approximate surface area is 150 Å². The van der Waals surface area contributed by atoms with E-state index in [2.05, 4.69) is 36.7 Å². The largest absolute Gasteiger partial charge is 0.508 e. The van der Waals surface area contributed by atoms with Gasteiger partial charge >= 0.3 is 0 Å². The van der Waals surface area contributed by atoms with Gasteiger partial charge in [-0.15, -0.1) is 0 Å². The molecule has 1 aromatic carbocycles. The van der Waals surface area contributed by atoms with Crippen molar-refractivity contribution in [1.29, 1.82) is 0 Å². The molecule has 1 heterocycles. The number of thiol groups is 1. The van der Waals surface area contributed by atoms with Crippen molar-refractivity contribution >= 4 is 18.5 Å². The van der Waals surface area contributed by atoms with E-state index in [9.17, 15) is 9.90 Å². The Morgan fingerprint density at radius 3 is 2.75 bits per heavy atom. The average molecular weight is 352 g/mol. The molecule has 0 saturated carbocycles. The summed E-state index contributed by atoms with van der Waals surface area (Å²) in [4.78, 5) is 14.2. The maximum atomic E-state index is 12.1. The van der Waals surface area contributed by atoms with Crippen LogP contribution < -0.4 is 11.1 Å². The lowest BCUT2D eigenvalue weighted by atomic mass is 9.95. The molecule has 4 N–H and O–H groups in total. The standard InChI is InChI=1S/C18H29N3O2S/c1-3-12(2)17(18(19)23)21(11-14-8-15(24)9-20-14)10-13-6-4-5-7-16(13)22/h4-7,12,14-15,17,20,22,24H,3,8-11H2,1-2H3,(H2,19,23)/t12-,14-,15-,17-/m0/s1. The predicted molar refractivity (Wildman–Crippen MR) is 100 cm³/mol. The molecular weight excluding hydrogens is 322 g/mol. The van der Waals surface area contributed by atoms with Crippen molar-refractivity contribution in [3.8, 4) is 5.75 Å². The molecular formula is C18H29N3O2S. The quantitative estimate of drug-likeness (QED) is 0.538. The smallest absolute Gasteiger partial charge is 0.235 e. The van der Waals surface area contributed by atoms with Gasteiger partial charge in [-0.25, -0.2) is 0 Å². The fraction of sp³-hybridized carbons (Fsp3) is 0.611. The molecule has 1 aliphatic heterocycles. The maximum Gasteiger partial charge on any atom is 0.235 e. The Kier molecular flexibility index (Phi) is 6.95. The molecule has 134 valence electrons. The Hall–Kier alpha value is -1.24. The highest BCUT2D eigenvalue weighted by molar-refractivity contribution is 7.81. The number of phenolic OH excluding ortho intramolecular Hbond substituents is 1. The van der Waals surface area contributed by atoms with Crippen molar-refractivity contribution in [2.45, 2.75) is 50.6 Å². The van der Waals surface area contributed by atoms with Crippen molar-refractivity contribution in [1.82, 2.24) is 10.2 Å². The van der Waals surface area contributed by atoms with Gasteiger partial charge in [0.05, 0.1) is 6.04 Å². The number of para-hydroxylation sites is 1. The summed E-state index contributed by atoms with van der Waals surface area (Å²) in [6, 6.07) is 7.19. The number of carbonyl (C=O) groups is 1. The van der Waals surface area contributed by atoms with Crippen LogP contribution in [-0.2, 0) is 11.3 Å². The topological polar surface area (TPSA) is 78.6 Å². The van der Waals surface area contributed by atoms with Crippen LogP contribution in [0.5, 0.6) is 5.75 Å². The highest BCUT2D eigenvalue weighted by Gasteiger charge is 2.32. The Bertz CT molecular complexity index is 555. The number of carbonyl (C=O) groups excluding carboxylic acids is 1. The molecule has 2 rings (SSSR count). The number of nitrogens with two attached hydrogens (primary N) is 1. The van der Waals surface area contributed by atoms with E-state index in [1.807, 2.05) is 12.1 Å². The van der Waals surface area contributed by atoms with E-state index in [-0.39, 0.29) is 29.7 Å². The number of hydrogen-bond donors (Lipinski definition) is 4. The van der Waals surface area contributed by atoms with Gasteiger partial charge in [-0.05, 0) is 18.4 Å². The molecule has 1 aromatic rings. The van der Waals surface area contributed by atoms with E-state index in [0.717, 1.165) is 24.9 Å². The minimum atomic E-state index is -0.352. The first-order valence-corrected chi connectivity index (χ1v) is 9.15. The summed E-state index contributed by atoms with van der Waals surface area (Å²) in [6.07, 6.45) is 1.84. The van der Waals surface area contributed by atoms with E-state index in [1.165, 1.54) is 0 Å². The number of hydrogen-bond acceptors (Lipinski definition) is 5. The lowest BCUT2D eigenvalue weighted by Gasteiger charge is -2.35. The van der Waals surface area contributed by atoms with Gasteiger partial charge in [-0.3, -0.25) is 9.69 Å². The lowest BCUT2D eigenvalue weighted by Crippen LogP contribution is -2.51. The molecule has 0 aromatic heterocycles. The number of benzene rings is 1. The zero-order valence-electron chi connectivity index (χ0n) is 14.5. The predicted octanol–water partition coefficient (Wildman–Crippen LogP) is 1.75. The summed E-state index contributed by atoms with van der Waals surface area (Å²) >= 11 is 4.53. The van der Waals surface area contributed by atoms with Gasteiger partial charge < -0.3 is 16.2 Å². The van der Waals surface area contributed by atoms with Gasteiger partial charge in [0.25, 0.3) is 0 Å². The monoisotopic (exact) mass is 351 g/mol. The molecule has 1 aliphatic rings. The highest BCUT2D eigenvalue weighted by Crippen LogP contribution is 2.24. The molecule has 0 unspecified atom stereocenters. The summed E-state index contributed by atoms with van der Waals surface area (Å²) in [5, 5.41) is 13.9. The van der Waals surface area contributed by atoms with Crippen LogP contribution in [0.15, 0.2) is 24.3 Å². The van der Waals surface area contributed by atoms with E-state index < -0.39 is 0 Å². The summed E-state index contributed by atoms with van der Waals surface area (Å²) in [6.45, 7) is 6.21. The second kappa shape index (κ2) is 8.74. The molecule has 6 heteroatoms. The summed E-state index contributed by atoms with van der Waals surface area (Å²) in [5.74, 6) is 0.100. The minimum absolute atomic E-state index is 0.154. The van der Waals surface area contributed by atoms with Crippen LogP contribution >= 0.6 is 12.6 Å². The molecule has 0 radical (unpaired) electrons. The zero-order chi connectivity index (χ0) is 17.7. The molecule has 1 saturated heterocycles. The molecule has 24 heavy (non-hydrogen) atoms. The van der Waals surface area contributed by atoms with E-state index in [0.29, 0.717) is 18.3 Å². The number of nitrogens with one attached hydrogen (secondary N) is 1. The number of aromatic hydroxyl groups is 1. The number of nitrogens with zero attached hydrogens (tertiary/aromatic N) is 1. The second-order valence-corrected chi connectivity index (χ2v) is 7.52. The van der Waals surface area contributed by atoms with Crippen molar-refractivity contribution in [3.05, 3.63) is 29.8 Å². The van der Waals surface area contributed by atoms with Gasteiger partial charge in [0.15, 0.2) is 0 Å². The van der Waals surface area contributed by atoms with Crippen molar-refractivity contribution in [2.24, 2.45) is 11.7 Å². The second-order valence-electron chi connectivity index (χ2n) is 6.79. The van der Waals surface area contributed by atoms with Crippen LogP contribution in [0.25, 0.3) is 0 Å². The van der Waals surface area contributed by atoms with E-state index >= 15 is 0 Å². The van der Waals surface area contributed by atoms with Crippen molar-refractivity contribution < 1.29 is 9.90 Å². The maximum absolute atomic E-state index is 12.1. The van der Waals surface area contributed by atoms with Crippen LogP contribution in [0.3, 0.4) is 0 Å².